The Morgan fingerprint density at radius 1 is 1.15 bits per heavy atom. The van der Waals surface area contributed by atoms with Gasteiger partial charge in [0.25, 0.3) is 5.91 Å². The molecule has 2 aromatic carbocycles. The molecule has 174 valence electrons. The van der Waals surface area contributed by atoms with Crippen molar-refractivity contribution >= 4 is 72.9 Å². The van der Waals surface area contributed by atoms with Crippen LogP contribution in [-0.4, -0.2) is 38.7 Å². The number of nitrogens with zero attached hydrogens (tertiary/aromatic N) is 2. The monoisotopic (exact) mass is 509 g/mol. The van der Waals surface area contributed by atoms with Gasteiger partial charge in [-0.2, -0.15) is 0 Å². The molecule has 1 aromatic heterocycles. The van der Waals surface area contributed by atoms with Crippen LogP contribution in [0.25, 0.3) is 16.3 Å². The molecule has 0 bridgehead atoms. The van der Waals surface area contributed by atoms with Gasteiger partial charge in [-0.15, -0.1) is 0 Å². The summed E-state index contributed by atoms with van der Waals surface area (Å²) in [6, 6.07) is 15.4. The molecule has 1 aliphatic heterocycles. The minimum absolute atomic E-state index is 0.147. The Kier molecular flexibility index (Phi) is 6.94. The summed E-state index contributed by atoms with van der Waals surface area (Å²) in [6.07, 6.45) is 8.06. The van der Waals surface area contributed by atoms with E-state index in [-0.39, 0.29) is 18.4 Å². The number of thiazole rings is 1. The fourth-order valence-electron chi connectivity index (χ4n) is 4.03. The number of amides is 2. The number of anilines is 1. The zero-order valence-electron chi connectivity index (χ0n) is 18.4. The van der Waals surface area contributed by atoms with E-state index in [1.165, 1.54) is 47.3 Å². The van der Waals surface area contributed by atoms with Crippen LogP contribution in [0.4, 0.5) is 5.13 Å². The lowest BCUT2D eigenvalue weighted by Gasteiger charge is -2.22. The highest BCUT2D eigenvalue weighted by atomic mass is 32.2. The Morgan fingerprint density at radius 2 is 1.91 bits per heavy atom. The van der Waals surface area contributed by atoms with Gasteiger partial charge in [-0.1, -0.05) is 66.0 Å². The fourth-order valence-corrected chi connectivity index (χ4v) is 6.17. The summed E-state index contributed by atoms with van der Waals surface area (Å²) in [5.74, 6) is 0.251. The Morgan fingerprint density at radius 3 is 2.68 bits per heavy atom. The summed E-state index contributed by atoms with van der Waals surface area (Å²) in [7, 11) is 0. The molecule has 3 aromatic rings. The molecular formula is C25H23N3O3S3. The number of carbonyl (C=O) groups is 2. The maximum absolute atomic E-state index is 12.9. The van der Waals surface area contributed by atoms with Crippen LogP contribution in [0, 0.1) is 0 Å². The lowest BCUT2D eigenvalue weighted by Crippen LogP contribution is -2.36. The normalized spacial score (nSPS) is 18.1. The van der Waals surface area contributed by atoms with Crippen LogP contribution in [-0.2, 0) is 9.59 Å². The predicted molar refractivity (Wildman–Crippen MR) is 142 cm³/mol. The van der Waals surface area contributed by atoms with Crippen LogP contribution in [0.1, 0.15) is 37.7 Å². The van der Waals surface area contributed by atoms with Crippen molar-refractivity contribution in [2.24, 2.45) is 0 Å². The minimum atomic E-state index is -0.333. The van der Waals surface area contributed by atoms with Gasteiger partial charge in [0, 0.05) is 0 Å². The highest BCUT2D eigenvalue weighted by Crippen LogP contribution is 2.33. The number of thioether (sulfide) groups is 1. The fraction of sp³-hybridized carbons (Fsp3) is 0.280. The van der Waals surface area contributed by atoms with Crippen molar-refractivity contribution in [1.29, 1.82) is 0 Å². The van der Waals surface area contributed by atoms with Gasteiger partial charge in [0.2, 0.25) is 5.91 Å². The lowest BCUT2D eigenvalue weighted by atomic mass is 9.98. The number of rotatable bonds is 6. The van der Waals surface area contributed by atoms with Crippen LogP contribution in [0.5, 0.6) is 5.75 Å². The summed E-state index contributed by atoms with van der Waals surface area (Å²) < 4.78 is 7.43. The van der Waals surface area contributed by atoms with Gasteiger partial charge in [0.05, 0.1) is 21.2 Å². The highest BCUT2D eigenvalue weighted by Gasteiger charge is 2.33. The first-order valence-electron chi connectivity index (χ1n) is 11.2. The van der Waals surface area contributed by atoms with Gasteiger partial charge >= 0.3 is 0 Å². The molecule has 1 saturated heterocycles. The van der Waals surface area contributed by atoms with E-state index >= 15 is 0 Å². The molecule has 0 unspecified atom stereocenters. The largest absolute Gasteiger partial charge is 0.490 e. The molecule has 1 N–H and O–H groups in total. The second-order valence-corrected chi connectivity index (χ2v) is 11.0. The van der Waals surface area contributed by atoms with E-state index in [2.05, 4.69) is 10.3 Å². The number of benzene rings is 2. The minimum Gasteiger partial charge on any atom is -0.490 e. The third-order valence-electron chi connectivity index (χ3n) is 5.75. The van der Waals surface area contributed by atoms with Crippen LogP contribution in [0.2, 0.25) is 0 Å². The number of nitrogens with one attached hydrogen (secondary N) is 1. The Labute approximate surface area is 211 Å². The number of hydrogen-bond donors (Lipinski definition) is 1. The number of aromatic nitrogens is 1. The van der Waals surface area contributed by atoms with E-state index in [1.807, 2.05) is 48.5 Å². The molecule has 2 fully saturated rings. The molecule has 1 saturated carbocycles. The number of fused-ring (bicyclic) bond motifs is 1. The highest BCUT2D eigenvalue weighted by molar-refractivity contribution is 8.26. The Balaban J connectivity index is 1.20. The maximum Gasteiger partial charge on any atom is 0.266 e. The molecule has 9 heteroatoms. The molecular weight excluding hydrogens is 486 g/mol. The van der Waals surface area contributed by atoms with Crippen molar-refractivity contribution in [2.45, 2.75) is 38.2 Å². The van der Waals surface area contributed by atoms with Crippen molar-refractivity contribution in [2.75, 3.05) is 11.9 Å². The van der Waals surface area contributed by atoms with E-state index in [0.717, 1.165) is 34.4 Å². The van der Waals surface area contributed by atoms with Crippen molar-refractivity contribution < 1.29 is 14.3 Å². The van der Waals surface area contributed by atoms with Crippen LogP contribution < -0.4 is 10.1 Å². The molecule has 0 radical (unpaired) electrons. The third kappa shape index (κ3) is 5.32. The molecule has 34 heavy (non-hydrogen) atoms. The molecule has 2 heterocycles. The van der Waals surface area contributed by atoms with Gasteiger partial charge in [-0.3, -0.25) is 14.5 Å². The van der Waals surface area contributed by atoms with Crippen molar-refractivity contribution in [3.63, 3.8) is 0 Å². The Hall–Kier alpha value is -2.75. The summed E-state index contributed by atoms with van der Waals surface area (Å²) in [5.41, 5.74) is 1.71. The quantitative estimate of drug-likeness (QED) is 0.332. The number of ether oxygens (including phenoxy) is 1. The Bertz CT molecular complexity index is 1230. The average Bonchev–Trinajstić information content (AvgIpc) is 3.36. The van der Waals surface area contributed by atoms with Gasteiger partial charge in [-0.25, -0.2) is 4.98 Å². The second-order valence-electron chi connectivity index (χ2n) is 8.25. The van der Waals surface area contributed by atoms with Crippen molar-refractivity contribution in [3.8, 4) is 5.75 Å². The molecule has 0 atom stereocenters. The zero-order valence-corrected chi connectivity index (χ0v) is 20.8. The first kappa shape index (κ1) is 23.0. The van der Waals surface area contributed by atoms with E-state index in [9.17, 15) is 9.59 Å². The summed E-state index contributed by atoms with van der Waals surface area (Å²) in [6.45, 7) is -0.147. The standard InChI is InChI=1S/C25H23N3O3S3/c29-22(27-24-26-19-8-4-5-9-20(19)33-24)15-28-23(30)21(34-25(28)32)14-16-10-12-18(13-11-16)31-17-6-2-1-3-7-17/h4-5,8-14,17H,1-3,6-7,15H2,(H,26,27,29)/b21-14-. The van der Waals surface area contributed by atoms with Gasteiger partial charge < -0.3 is 10.1 Å². The summed E-state index contributed by atoms with van der Waals surface area (Å²) in [5, 5.41) is 3.28. The summed E-state index contributed by atoms with van der Waals surface area (Å²) in [4.78, 5) is 31.7. The van der Waals surface area contributed by atoms with Gasteiger partial charge in [0.1, 0.15) is 16.6 Å². The van der Waals surface area contributed by atoms with Crippen LogP contribution in [0.15, 0.2) is 53.4 Å². The van der Waals surface area contributed by atoms with Crippen molar-refractivity contribution in [1.82, 2.24) is 9.88 Å². The van der Waals surface area contributed by atoms with E-state index in [4.69, 9.17) is 17.0 Å². The predicted octanol–water partition coefficient (Wildman–Crippen LogP) is 5.85. The maximum atomic E-state index is 12.9. The molecule has 2 aliphatic rings. The number of thiocarbonyl (C=S) groups is 1. The third-order valence-corrected chi connectivity index (χ3v) is 8.08. The van der Waals surface area contributed by atoms with Gasteiger partial charge in [-0.05, 0) is 61.6 Å². The average molecular weight is 510 g/mol. The topological polar surface area (TPSA) is 71.5 Å². The van der Waals surface area contributed by atoms with Crippen LogP contribution >= 0.6 is 35.3 Å². The smallest absolute Gasteiger partial charge is 0.266 e. The SMILES string of the molecule is O=C(CN1C(=O)/C(=C/c2ccc(OC3CCCCC3)cc2)SC1=S)Nc1nc2ccccc2s1. The first-order chi connectivity index (χ1) is 16.5. The molecule has 2 amide bonds. The van der Waals surface area contributed by atoms with Gasteiger partial charge in [0.15, 0.2) is 5.13 Å². The van der Waals surface area contributed by atoms with E-state index in [0.29, 0.717) is 20.5 Å². The second kappa shape index (κ2) is 10.2. The number of para-hydroxylation sites is 1. The summed E-state index contributed by atoms with van der Waals surface area (Å²) >= 11 is 7.97. The molecule has 0 spiro atoms. The number of carbonyl (C=O) groups excluding carboxylic acids is 2. The van der Waals surface area contributed by atoms with E-state index < -0.39 is 0 Å². The zero-order chi connectivity index (χ0) is 23.5. The first-order valence-corrected chi connectivity index (χ1v) is 13.3. The lowest BCUT2D eigenvalue weighted by molar-refractivity contribution is -0.126. The van der Waals surface area contributed by atoms with Crippen LogP contribution in [0.3, 0.4) is 0 Å². The number of hydrogen-bond acceptors (Lipinski definition) is 7. The molecule has 6 nitrogen and oxygen atoms in total. The molecule has 5 rings (SSSR count). The molecule has 1 aliphatic carbocycles. The van der Waals surface area contributed by atoms with E-state index in [1.54, 1.807) is 6.08 Å². The van der Waals surface area contributed by atoms with Crippen molar-refractivity contribution in [3.05, 3.63) is 59.0 Å².